The van der Waals surface area contributed by atoms with Crippen LogP contribution >= 0.6 is 0 Å². The normalized spacial score (nSPS) is 19.8. The van der Waals surface area contributed by atoms with Crippen molar-refractivity contribution in [3.05, 3.63) is 35.4 Å². The molecule has 1 aromatic rings. The summed E-state index contributed by atoms with van der Waals surface area (Å²) in [7, 11) is 0. The van der Waals surface area contributed by atoms with Gasteiger partial charge < -0.3 is 5.11 Å². The average molecular weight is 289 g/mol. The lowest BCUT2D eigenvalue weighted by Crippen LogP contribution is -2.30. The summed E-state index contributed by atoms with van der Waals surface area (Å²) in [6, 6.07) is 8.51. The Morgan fingerprint density at radius 1 is 1.14 bits per heavy atom. The molecule has 1 heterocycles. The number of hydrogen-bond donors (Lipinski definition) is 1. The van der Waals surface area contributed by atoms with Crippen molar-refractivity contribution in [1.82, 2.24) is 4.90 Å². The first kappa shape index (κ1) is 16.5. The zero-order chi connectivity index (χ0) is 15.3. The lowest BCUT2D eigenvalue weighted by molar-refractivity contribution is 0.117. The molecule has 0 spiro atoms. The summed E-state index contributed by atoms with van der Waals surface area (Å²) >= 11 is 0. The van der Waals surface area contributed by atoms with Gasteiger partial charge in [0.2, 0.25) is 0 Å². The topological polar surface area (TPSA) is 23.5 Å². The largest absolute Gasteiger partial charge is 0.387 e. The third-order valence-electron chi connectivity index (χ3n) is 5.35. The van der Waals surface area contributed by atoms with Crippen LogP contribution in [0.25, 0.3) is 0 Å². The number of likely N-dealkylation sites (tertiary alicyclic amines) is 1. The standard InChI is InChI=1S/C19H31NO/c1-4-7-16-8-10-17(11-9-16)18(21)14-20-13-12-19(5-2,6-3)15-20/h8-11,18,21H,4-7,12-15H2,1-3H3. The fourth-order valence-electron chi connectivity index (χ4n) is 3.56. The molecule has 1 saturated heterocycles. The molecule has 0 bridgehead atoms. The van der Waals surface area contributed by atoms with Gasteiger partial charge in [-0.05, 0) is 48.8 Å². The molecular weight excluding hydrogens is 258 g/mol. The summed E-state index contributed by atoms with van der Waals surface area (Å²) in [4.78, 5) is 2.44. The van der Waals surface area contributed by atoms with Crippen LogP contribution in [0, 0.1) is 5.41 Å². The van der Waals surface area contributed by atoms with Gasteiger partial charge >= 0.3 is 0 Å². The number of aliphatic hydroxyl groups excluding tert-OH is 1. The lowest BCUT2D eigenvalue weighted by Gasteiger charge is -2.27. The molecule has 1 atom stereocenters. The molecule has 1 unspecified atom stereocenters. The van der Waals surface area contributed by atoms with E-state index < -0.39 is 0 Å². The number of aryl methyl sites for hydroxylation is 1. The number of β-amino-alcohol motifs (C(OH)–C–C–N with tert-alkyl or cyclic N) is 1. The zero-order valence-electron chi connectivity index (χ0n) is 13.9. The molecule has 0 amide bonds. The van der Waals surface area contributed by atoms with E-state index in [0.717, 1.165) is 31.6 Å². The fourth-order valence-corrected chi connectivity index (χ4v) is 3.56. The zero-order valence-corrected chi connectivity index (χ0v) is 13.9. The summed E-state index contributed by atoms with van der Waals surface area (Å²) in [5.74, 6) is 0. The summed E-state index contributed by atoms with van der Waals surface area (Å²) in [6.07, 6.45) is 5.72. The van der Waals surface area contributed by atoms with E-state index in [1.807, 2.05) is 0 Å². The van der Waals surface area contributed by atoms with Crippen molar-refractivity contribution in [3.63, 3.8) is 0 Å². The van der Waals surface area contributed by atoms with Crippen molar-refractivity contribution >= 4 is 0 Å². The van der Waals surface area contributed by atoms with Crippen LogP contribution in [-0.2, 0) is 6.42 Å². The molecule has 2 rings (SSSR count). The van der Waals surface area contributed by atoms with Gasteiger partial charge in [-0.2, -0.15) is 0 Å². The Morgan fingerprint density at radius 3 is 2.33 bits per heavy atom. The minimum atomic E-state index is -0.356. The minimum absolute atomic E-state index is 0.356. The molecule has 0 aromatic heterocycles. The average Bonchev–Trinajstić information content (AvgIpc) is 2.92. The fraction of sp³-hybridized carbons (Fsp3) is 0.684. The summed E-state index contributed by atoms with van der Waals surface area (Å²) in [6.45, 7) is 9.85. The Kier molecular flexibility index (Phi) is 5.83. The van der Waals surface area contributed by atoms with Crippen LogP contribution in [-0.4, -0.2) is 29.6 Å². The molecular formula is C19H31NO. The van der Waals surface area contributed by atoms with Crippen LogP contribution in [0.3, 0.4) is 0 Å². The van der Waals surface area contributed by atoms with Gasteiger partial charge in [0.25, 0.3) is 0 Å². The molecule has 21 heavy (non-hydrogen) atoms. The highest BCUT2D eigenvalue weighted by molar-refractivity contribution is 5.24. The highest BCUT2D eigenvalue weighted by Gasteiger charge is 2.35. The van der Waals surface area contributed by atoms with E-state index >= 15 is 0 Å². The maximum Gasteiger partial charge on any atom is 0.0916 e. The number of nitrogens with zero attached hydrogens (tertiary/aromatic N) is 1. The van der Waals surface area contributed by atoms with Gasteiger partial charge in [0, 0.05) is 13.1 Å². The van der Waals surface area contributed by atoms with E-state index in [4.69, 9.17) is 0 Å². The SMILES string of the molecule is CCCc1ccc(C(O)CN2CCC(CC)(CC)C2)cc1. The Bertz CT molecular complexity index is 422. The van der Waals surface area contributed by atoms with Crippen molar-refractivity contribution < 1.29 is 5.11 Å². The summed E-state index contributed by atoms with van der Waals surface area (Å²) in [5, 5.41) is 10.5. The van der Waals surface area contributed by atoms with Gasteiger partial charge in [-0.15, -0.1) is 0 Å². The van der Waals surface area contributed by atoms with Crippen LogP contribution in [0.4, 0.5) is 0 Å². The van der Waals surface area contributed by atoms with Gasteiger partial charge in [-0.1, -0.05) is 51.5 Å². The van der Waals surface area contributed by atoms with E-state index in [2.05, 4.69) is 49.9 Å². The van der Waals surface area contributed by atoms with Crippen molar-refractivity contribution in [1.29, 1.82) is 0 Å². The highest BCUT2D eigenvalue weighted by atomic mass is 16.3. The third-order valence-corrected chi connectivity index (χ3v) is 5.35. The van der Waals surface area contributed by atoms with Crippen molar-refractivity contribution in [2.75, 3.05) is 19.6 Å². The maximum absolute atomic E-state index is 10.5. The monoisotopic (exact) mass is 289 g/mol. The number of rotatable bonds is 7. The molecule has 1 aliphatic rings. The van der Waals surface area contributed by atoms with Crippen LogP contribution in [0.2, 0.25) is 0 Å². The Hall–Kier alpha value is -0.860. The van der Waals surface area contributed by atoms with E-state index in [1.165, 1.54) is 31.2 Å². The van der Waals surface area contributed by atoms with Crippen LogP contribution in [0.5, 0.6) is 0 Å². The van der Waals surface area contributed by atoms with Crippen LogP contribution in [0.1, 0.15) is 63.7 Å². The van der Waals surface area contributed by atoms with Gasteiger partial charge in [0.05, 0.1) is 6.10 Å². The molecule has 0 aliphatic carbocycles. The first-order valence-electron chi connectivity index (χ1n) is 8.61. The van der Waals surface area contributed by atoms with E-state index in [-0.39, 0.29) is 6.10 Å². The first-order chi connectivity index (χ1) is 10.1. The smallest absolute Gasteiger partial charge is 0.0916 e. The van der Waals surface area contributed by atoms with Crippen LogP contribution in [0.15, 0.2) is 24.3 Å². The second-order valence-corrected chi connectivity index (χ2v) is 6.70. The summed E-state index contributed by atoms with van der Waals surface area (Å²) in [5.41, 5.74) is 2.91. The van der Waals surface area contributed by atoms with E-state index in [1.54, 1.807) is 0 Å². The molecule has 1 aromatic carbocycles. The highest BCUT2D eigenvalue weighted by Crippen LogP contribution is 2.37. The number of hydrogen-bond acceptors (Lipinski definition) is 2. The predicted octanol–water partition coefficient (Wildman–Crippen LogP) is 4.18. The van der Waals surface area contributed by atoms with Crippen molar-refractivity contribution in [2.45, 2.75) is 59.0 Å². The number of aliphatic hydroxyl groups is 1. The Labute approximate surface area is 130 Å². The quantitative estimate of drug-likeness (QED) is 0.814. The molecule has 0 radical (unpaired) electrons. The molecule has 1 N–H and O–H groups in total. The molecule has 0 saturated carbocycles. The number of benzene rings is 1. The molecule has 2 nitrogen and oxygen atoms in total. The maximum atomic E-state index is 10.5. The molecule has 118 valence electrons. The van der Waals surface area contributed by atoms with Gasteiger partial charge in [-0.25, -0.2) is 0 Å². The third kappa shape index (κ3) is 4.08. The van der Waals surface area contributed by atoms with E-state index in [9.17, 15) is 5.11 Å². The van der Waals surface area contributed by atoms with E-state index in [0.29, 0.717) is 5.41 Å². The molecule has 1 aliphatic heterocycles. The second-order valence-electron chi connectivity index (χ2n) is 6.70. The Morgan fingerprint density at radius 2 is 1.81 bits per heavy atom. The van der Waals surface area contributed by atoms with Gasteiger partial charge in [0.15, 0.2) is 0 Å². The summed E-state index contributed by atoms with van der Waals surface area (Å²) < 4.78 is 0. The molecule has 2 heteroatoms. The minimum Gasteiger partial charge on any atom is -0.387 e. The van der Waals surface area contributed by atoms with Crippen LogP contribution < -0.4 is 0 Å². The molecule has 1 fully saturated rings. The Balaban J connectivity index is 1.91. The van der Waals surface area contributed by atoms with Crippen molar-refractivity contribution in [2.24, 2.45) is 5.41 Å². The lowest BCUT2D eigenvalue weighted by atomic mass is 9.82. The first-order valence-corrected chi connectivity index (χ1v) is 8.61. The van der Waals surface area contributed by atoms with Crippen molar-refractivity contribution in [3.8, 4) is 0 Å². The van der Waals surface area contributed by atoms with Gasteiger partial charge in [-0.3, -0.25) is 4.90 Å². The second kappa shape index (κ2) is 7.42. The van der Waals surface area contributed by atoms with Gasteiger partial charge in [0.1, 0.15) is 0 Å². The predicted molar refractivity (Wildman–Crippen MR) is 89.5 cm³/mol.